The normalized spacial score (nSPS) is 15.8. The highest BCUT2D eigenvalue weighted by Crippen LogP contribution is 2.38. The van der Waals surface area contributed by atoms with Crippen LogP contribution < -0.4 is 14.8 Å². The molecule has 3 aromatic rings. The number of nitrogens with zero attached hydrogens (tertiary/aromatic N) is 2. The van der Waals surface area contributed by atoms with Crippen molar-refractivity contribution in [3.8, 4) is 11.5 Å². The monoisotopic (exact) mass is 379 g/mol. The molecule has 1 aliphatic rings. The van der Waals surface area contributed by atoms with Crippen LogP contribution in [0.1, 0.15) is 26.2 Å². The van der Waals surface area contributed by atoms with Crippen LogP contribution in [0.25, 0.3) is 21.8 Å². The number of pyridine rings is 1. The van der Waals surface area contributed by atoms with Crippen molar-refractivity contribution in [3.63, 3.8) is 0 Å². The molecule has 1 N–H and O–H groups in total. The minimum absolute atomic E-state index is 0.468. The van der Waals surface area contributed by atoms with E-state index in [-0.39, 0.29) is 0 Å². The fourth-order valence-electron chi connectivity index (χ4n) is 4.20. The van der Waals surface area contributed by atoms with Crippen molar-refractivity contribution >= 4 is 27.5 Å². The number of rotatable bonds is 6. The third kappa shape index (κ3) is 3.59. The Hall–Kier alpha value is -2.53. The Morgan fingerprint density at radius 2 is 1.71 bits per heavy atom. The molecule has 1 aromatic heterocycles. The molecule has 1 aliphatic heterocycles. The van der Waals surface area contributed by atoms with E-state index in [1.807, 2.05) is 18.2 Å². The number of piperidine rings is 1. The fraction of sp³-hybridized carbons (Fsp3) is 0.435. The molecule has 0 bridgehead atoms. The average Bonchev–Trinajstić information content (AvgIpc) is 2.74. The summed E-state index contributed by atoms with van der Waals surface area (Å²) in [5, 5.41) is 6.08. The number of likely N-dealkylation sites (tertiary alicyclic amines) is 1. The summed E-state index contributed by atoms with van der Waals surface area (Å²) in [6.45, 7) is 5.76. The van der Waals surface area contributed by atoms with Crippen LogP contribution in [0.5, 0.6) is 11.5 Å². The van der Waals surface area contributed by atoms with Crippen molar-refractivity contribution < 1.29 is 9.47 Å². The Balaban J connectivity index is 1.76. The summed E-state index contributed by atoms with van der Waals surface area (Å²) in [4.78, 5) is 7.43. The van der Waals surface area contributed by atoms with Gasteiger partial charge in [0.05, 0.1) is 30.9 Å². The molecule has 0 aliphatic carbocycles. The third-order valence-electron chi connectivity index (χ3n) is 5.66. The van der Waals surface area contributed by atoms with Gasteiger partial charge in [-0.1, -0.05) is 25.1 Å². The van der Waals surface area contributed by atoms with Gasteiger partial charge in [0.1, 0.15) is 0 Å². The number of fused-ring (bicyclic) bond motifs is 2. The molecule has 5 nitrogen and oxygen atoms in total. The van der Waals surface area contributed by atoms with Crippen LogP contribution in [-0.4, -0.2) is 49.8 Å². The minimum atomic E-state index is 0.468. The van der Waals surface area contributed by atoms with Gasteiger partial charge >= 0.3 is 0 Å². The van der Waals surface area contributed by atoms with Gasteiger partial charge in [-0.25, -0.2) is 4.98 Å². The van der Waals surface area contributed by atoms with Crippen molar-refractivity contribution in [1.29, 1.82) is 0 Å². The number of nitrogens with one attached hydrogen (secondary N) is 1. The van der Waals surface area contributed by atoms with Gasteiger partial charge in [-0.05, 0) is 37.9 Å². The van der Waals surface area contributed by atoms with Gasteiger partial charge in [0, 0.05) is 36.0 Å². The van der Waals surface area contributed by atoms with E-state index in [1.54, 1.807) is 14.2 Å². The van der Waals surface area contributed by atoms with Crippen LogP contribution in [0, 0.1) is 0 Å². The molecule has 4 rings (SSSR count). The molecule has 0 amide bonds. The topological polar surface area (TPSA) is 46.6 Å². The number of aromatic nitrogens is 1. The van der Waals surface area contributed by atoms with E-state index in [0.717, 1.165) is 59.2 Å². The fourth-order valence-corrected chi connectivity index (χ4v) is 4.20. The molecule has 0 radical (unpaired) electrons. The van der Waals surface area contributed by atoms with Gasteiger partial charge in [0.2, 0.25) is 0 Å². The van der Waals surface area contributed by atoms with Crippen LogP contribution >= 0.6 is 0 Å². The second kappa shape index (κ2) is 8.23. The zero-order valence-corrected chi connectivity index (χ0v) is 17.0. The molecule has 0 spiro atoms. The predicted octanol–water partition coefficient (Wildman–Crippen LogP) is 4.69. The zero-order valence-electron chi connectivity index (χ0n) is 17.0. The lowest BCUT2D eigenvalue weighted by Gasteiger charge is -2.33. The predicted molar refractivity (Wildman–Crippen MR) is 116 cm³/mol. The van der Waals surface area contributed by atoms with Gasteiger partial charge in [-0.15, -0.1) is 0 Å². The molecule has 28 heavy (non-hydrogen) atoms. The van der Waals surface area contributed by atoms with Crippen LogP contribution in [0.3, 0.4) is 0 Å². The number of methoxy groups -OCH3 is 2. The Labute approximate surface area is 166 Å². The summed E-state index contributed by atoms with van der Waals surface area (Å²) >= 11 is 0. The smallest absolute Gasteiger partial charge is 0.162 e. The van der Waals surface area contributed by atoms with E-state index < -0.39 is 0 Å². The van der Waals surface area contributed by atoms with Gasteiger partial charge < -0.3 is 19.7 Å². The number of hydrogen-bond acceptors (Lipinski definition) is 5. The first-order valence-corrected chi connectivity index (χ1v) is 10.2. The highest BCUT2D eigenvalue weighted by molar-refractivity contribution is 6.08. The summed E-state index contributed by atoms with van der Waals surface area (Å²) in [7, 11) is 3.34. The Kier molecular flexibility index (Phi) is 5.53. The lowest BCUT2D eigenvalue weighted by Crippen LogP contribution is -2.39. The number of benzene rings is 2. The summed E-state index contributed by atoms with van der Waals surface area (Å²) in [6.07, 6.45) is 3.54. The van der Waals surface area contributed by atoms with Crippen LogP contribution in [-0.2, 0) is 0 Å². The van der Waals surface area contributed by atoms with E-state index in [9.17, 15) is 0 Å². The van der Waals surface area contributed by atoms with Crippen molar-refractivity contribution in [2.24, 2.45) is 0 Å². The lowest BCUT2D eigenvalue weighted by molar-refractivity contribution is 0.219. The standard InChI is InChI=1S/C23H29N3O2/c1-4-11-26-12-9-16(10-13-26)24-23-17-7-5-6-8-19(17)25-20-15-22(28-3)21(27-2)14-18(20)23/h5-8,14-16H,4,9-13H2,1-3H3,(H,24,25). The first kappa shape index (κ1) is 18.8. The summed E-state index contributed by atoms with van der Waals surface area (Å²) in [6, 6.07) is 12.8. The number of hydrogen-bond donors (Lipinski definition) is 1. The van der Waals surface area contributed by atoms with Crippen molar-refractivity contribution in [2.45, 2.75) is 32.2 Å². The minimum Gasteiger partial charge on any atom is -0.493 e. The number of ether oxygens (including phenoxy) is 2. The highest BCUT2D eigenvalue weighted by Gasteiger charge is 2.21. The van der Waals surface area contributed by atoms with Crippen LogP contribution in [0.2, 0.25) is 0 Å². The maximum Gasteiger partial charge on any atom is 0.162 e. The molecule has 148 valence electrons. The molecule has 2 aromatic carbocycles. The molecule has 0 saturated carbocycles. The second-order valence-electron chi connectivity index (χ2n) is 7.49. The van der Waals surface area contributed by atoms with Crippen LogP contribution in [0.15, 0.2) is 36.4 Å². The number of anilines is 1. The van der Waals surface area contributed by atoms with Gasteiger partial charge in [0.15, 0.2) is 11.5 Å². The molecule has 1 saturated heterocycles. The molecule has 1 fully saturated rings. The van der Waals surface area contributed by atoms with E-state index in [2.05, 4.69) is 35.3 Å². The highest BCUT2D eigenvalue weighted by atomic mass is 16.5. The summed E-state index contributed by atoms with van der Waals surface area (Å²) in [5.74, 6) is 1.43. The zero-order chi connectivity index (χ0) is 19.5. The van der Waals surface area contributed by atoms with Crippen LogP contribution in [0.4, 0.5) is 5.69 Å². The van der Waals surface area contributed by atoms with Crippen molar-refractivity contribution in [3.05, 3.63) is 36.4 Å². The first-order chi connectivity index (χ1) is 13.7. The number of para-hydroxylation sites is 1. The van der Waals surface area contributed by atoms with Gasteiger partial charge in [-0.3, -0.25) is 0 Å². The average molecular weight is 380 g/mol. The van der Waals surface area contributed by atoms with Gasteiger partial charge in [0.25, 0.3) is 0 Å². The lowest BCUT2D eigenvalue weighted by atomic mass is 10.0. The van der Waals surface area contributed by atoms with Gasteiger partial charge in [-0.2, -0.15) is 0 Å². The largest absolute Gasteiger partial charge is 0.493 e. The van der Waals surface area contributed by atoms with E-state index in [1.165, 1.54) is 13.0 Å². The Morgan fingerprint density at radius 1 is 1.00 bits per heavy atom. The first-order valence-electron chi connectivity index (χ1n) is 10.2. The summed E-state index contributed by atoms with van der Waals surface area (Å²) < 4.78 is 11.0. The molecule has 5 heteroatoms. The molecule has 0 unspecified atom stereocenters. The Morgan fingerprint density at radius 3 is 2.43 bits per heavy atom. The summed E-state index contributed by atoms with van der Waals surface area (Å²) in [5.41, 5.74) is 3.06. The van der Waals surface area contributed by atoms with Crippen molar-refractivity contribution in [2.75, 3.05) is 39.2 Å². The maximum atomic E-state index is 5.56. The SMILES string of the molecule is CCCN1CCC(Nc2c3ccccc3nc3cc(OC)c(OC)cc23)CC1. The van der Waals surface area contributed by atoms with E-state index >= 15 is 0 Å². The molecule has 0 atom stereocenters. The molecular formula is C23H29N3O2. The second-order valence-corrected chi connectivity index (χ2v) is 7.49. The van der Waals surface area contributed by atoms with E-state index in [0.29, 0.717) is 11.8 Å². The third-order valence-corrected chi connectivity index (χ3v) is 5.66. The Bertz CT molecular complexity index is 965. The quantitative estimate of drug-likeness (QED) is 0.630. The van der Waals surface area contributed by atoms with E-state index in [4.69, 9.17) is 14.5 Å². The van der Waals surface area contributed by atoms with Crippen molar-refractivity contribution in [1.82, 2.24) is 9.88 Å². The maximum absolute atomic E-state index is 5.56. The molecule has 2 heterocycles. The molecular weight excluding hydrogens is 350 g/mol.